The Hall–Kier alpha value is -3.23. The van der Waals surface area contributed by atoms with Gasteiger partial charge < -0.3 is 10.1 Å². The highest BCUT2D eigenvalue weighted by molar-refractivity contribution is 7.89. The molecule has 1 aliphatic heterocycles. The number of hydrogen-bond donors (Lipinski definition) is 1. The van der Waals surface area contributed by atoms with Crippen LogP contribution in [0.3, 0.4) is 0 Å². The molecule has 0 bridgehead atoms. The maximum atomic E-state index is 13.0. The Morgan fingerprint density at radius 3 is 2.40 bits per heavy atom. The van der Waals surface area contributed by atoms with E-state index in [-0.39, 0.29) is 11.8 Å². The summed E-state index contributed by atoms with van der Waals surface area (Å²) in [6.45, 7) is 6.71. The van der Waals surface area contributed by atoms with Crippen molar-refractivity contribution in [1.29, 1.82) is 0 Å². The van der Waals surface area contributed by atoms with Gasteiger partial charge in [-0.1, -0.05) is 26.0 Å². The van der Waals surface area contributed by atoms with Crippen LogP contribution < -0.4 is 10.1 Å². The van der Waals surface area contributed by atoms with E-state index >= 15 is 0 Å². The van der Waals surface area contributed by atoms with Crippen LogP contribution >= 0.6 is 0 Å². The number of ether oxygens (including phenoxy) is 1. The number of nitrogens with one attached hydrogen (secondary N) is 1. The number of carbonyl (C=O) groups is 1. The van der Waals surface area contributed by atoms with Gasteiger partial charge in [0.25, 0.3) is 0 Å². The third-order valence-corrected chi connectivity index (χ3v) is 8.23. The molecule has 1 aromatic heterocycles. The summed E-state index contributed by atoms with van der Waals surface area (Å²) in [6, 6.07) is 16.2. The van der Waals surface area contributed by atoms with Gasteiger partial charge in [0.1, 0.15) is 11.5 Å². The zero-order valence-electron chi connectivity index (χ0n) is 20.3. The largest absolute Gasteiger partial charge is 0.455 e. The molecule has 1 fully saturated rings. The lowest BCUT2D eigenvalue weighted by Crippen LogP contribution is -2.41. The summed E-state index contributed by atoms with van der Waals surface area (Å²) in [4.78, 5) is 17.2. The van der Waals surface area contributed by atoms with Crippen LogP contribution in [0.25, 0.3) is 0 Å². The van der Waals surface area contributed by atoms with E-state index in [1.165, 1.54) is 4.31 Å². The SMILES string of the molecule is Cc1cc(NC(=O)C2CCN(S(=O)(=O)c3ccc(C(C)C)cc3)CC2)ccc1Oc1cccnc1. The van der Waals surface area contributed by atoms with Crippen molar-refractivity contribution in [3.8, 4) is 11.5 Å². The minimum absolute atomic E-state index is 0.0938. The van der Waals surface area contributed by atoms with Crippen LogP contribution in [0.1, 0.15) is 43.7 Å². The molecule has 2 heterocycles. The van der Waals surface area contributed by atoms with Crippen LogP contribution in [0, 0.1) is 12.8 Å². The van der Waals surface area contributed by atoms with Gasteiger partial charge in [0.15, 0.2) is 0 Å². The minimum atomic E-state index is -3.57. The number of amides is 1. The second-order valence-corrected chi connectivity index (χ2v) is 11.1. The van der Waals surface area contributed by atoms with E-state index in [0.29, 0.717) is 53.9 Å². The summed E-state index contributed by atoms with van der Waals surface area (Å²) < 4.78 is 33.4. The molecule has 3 aromatic rings. The quantitative estimate of drug-likeness (QED) is 0.480. The number of hydrogen-bond acceptors (Lipinski definition) is 5. The fraction of sp³-hybridized carbons (Fsp3) is 0.333. The van der Waals surface area contributed by atoms with Gasteiger partial charge in [-0.25, -0.2) is 8.42 Å². The predicted octanol–water partition coefficient (Wildman–Crippen LogP) is 5.35. The van der Waals surface area contributed by atoms with Crippen molar-refractivity contribution in [2.75, 3.05) is 18.4 Å². The molecule has 7 nitrogen and oxygen atoms in total. The number of carbonyl (C=O) groups excluding carboxylic acids is 1. The van der Waals surface area contributed by atoms with Crippen LogP contribution in [0.5, 0.6) is 11.5 Å². The molecular formula is C27H31N3O4S. The van der Waals surface area contributed by atoms with Gasteiger partial charge in [0, 0.05) is 30.9 Å². The lowest BCUT2D eigenvalue weighted by Gasteiger charge is -2.30. The Labute approximate surface area is 207 Å². The Morgan fingerprint density at radius 1 is 1.09 bits per heavy atom. The van der Waals surface area contributed by atoms with Gasteiger partial charge in [-0.2, -0.15) is 4.31 Å². The number of sulfonamides is 1. The van der Waals surface area contributed by atoms with Gasteiger partial charge >= 0.3 is 0 Å². The van der Waals surface area contributed by atoms with Crippen molar-refractivity contribution in [2.24, 2.45) is 5.92 Å². The number of aryl methyl sites for hydroxylation is 1. The highest BCUT2D eigenvalue weighted by atomic mass is 32.2. The van der Waals surface area contributed by atoms with Crippen molar-refractivity contribution < 1.29 is 17.9 Å². The van der Waals surface area contributed by atoms with Crippen molar-refractivity contribution in [1.82, 2.24) is 9.29 Å². The first-order valence-corrected chi connectivity index (χ1v) is 13.3. The first-order valence-electron chi connectivity index (χ1n) is 11.8. The Balaban J connectivity index is 1.34. The maximum Gasteiger partial charge on any atom is 0.243 e. The fourth-order valence-electron chi connectivity index (χ4n) is 4.15. The van der Waals surface area contributed by atoms with Gasteiger partial charge in [-0.3, -0.25) is 9.78 Å². The molecule has 184 valence electrons. The molecule has 35 heavy (non-hydrogen) atoms. The van der Waals surface area contributed by atoms with Crippen molar-refractivity contribution in [3.05, 3.63) is 78.1 Å². The molecule has 0 radical (unpaired) electrons. The van der Waals surface area contributed by atoms with Gasteiger partial charge in [-0.15, -0.1) is 0 Å². The smallest absolute Gasteiger partial charge is 0.243 e. The molecule has 1 aliphatic rings. The third kappa shape index (κ3) is 5.89. The number of benzene rings is 2. The molecule has 2 aromatic carbocycles. The van der Waals surface area contributed by atoms with Crippen LogP contribution in [-0.4, -0.2) is 36.7 Å². The van der Waals surface area contributed by atoms with Crippen molar-refractivity contribution >= 4 is 21.6 Å². The molecule has 0 unspecified atom stereocenters. The van der Waals surface area contributed by atoms with Gasteiger partial charge in [0.2, 0.25) is 15.9 Å². The van der Waals surface area contributed by atoms with E-state index in [0.717, 1.165) is 11.1 Å². The fourth-order valence-corrected chi connectivity index (χ4v) is 5.62. The normalized spacial score (nSPS) is 15.2. The maximum absolute atomic E-state index is 13.0. The summed E-state index contributed by atoms with van der Waals surface area (Å²) in [5.74, 6) is 1.34. The van der Waals surface area contributed by atoms with Gasteiger partial charge in [0.05, 0.1) is 11.1 Å². The van der Waals surface area contributed by atoms with Crippen LogP contribution in [0.15, 0.2) is 71.9 Å². The summed E-state index contributed by atoms with van der Waals surface area (Å²) >= 11 is 0. The second kappa shape index (κ2) is 10.6. The summed E-state index contributed by atoms with van der Waals surface area (Å²) in [5, 5.41) is 2.97. The first kappa shape index (κ1) is 24.9. The Morgan fingerprint density at radius 2 is 1.80 bits per heavy atom. The van der Waals surface area contributed by atoms with Crippen molar-refractivity contribution in [2.45, 2.75) is 44.4 Å². The second-order valence-electron chi connectivity index (χ2n) is 9.16. The molecule has 0 atom stereocenters. The van der Waals surface area contributed by atoms with Crippen LogP contribution in [-0.2, 0) is 14.8 Å². The monoisotopic (exact) mass is 493 g/mol. The zero-order chi connectivity index (χ0) is 25.0. The topological polar surface area (TPSA) is 88.6 Å². The van der Waals surface area contributed by atoms with Crippen LogP contribution in [0.2, 0.25) is 0 Å². The van der Waals surface area contributed by atoms with E-state index in [9.17, 15) is 13.2 Å². The highest BCUT2D eigenvalue weighted by Crippen LogP contribution is 2.29. The molecule has 0 aliphatic carbocycles. The Kier molecular flexibility index (Phi) is 7.52. The molecule has 8 heteroatoms. The average molecular weight is 494 g/mol. The van der Waals surface area contributed by atoms with Crippen LogP contribution in [0.4, 0.5) is 5.69 Å². The van der Waals surface area contributed by atoms with Gasteiger partial charge in [-0.05, 0) is 79.3 Å². The minimum Gasteiger partial charge on any atom is -0.455 e. The number of anilines is 1. The standard InChI is InChI=1S/C27H31N3O4S/c1-19(2)21-6-9-25(10-7-21)35(32,33)30-15-12-22(13-16-30)27(31)29-23-8-11-26(20(3)17-23)34-24-5-4-14-28-18-24/h4-11,14,17-19,22H,12-13,15-16H2,1-3H3,(H,29,31). The lowest BCUT2D eigenvalue weighted by atomic mass is 9.97. The lowest BCUT2D eigenvalue weighted by molar-refractivity contribution is -0.120. The number of piperidine rings is 1. The molecule has 1 saturated heterocycles. The van der Waals surface area contributed by atoms with E-state index in [4.69, 9.17) is 4.74 Å². The Bertz CT molecular complexity index is 1270. The predicted molar refractivity (Wildman–Crippen MR) is 136 cm³/mol. The number of rotatable bonds is 7. The molecule has 1 N–H and O–H groups in total. The van der Waals surface area contributed by atoms with E-state index < -0.39 is 10.0 Å². The third-order valence-electron chi connectivity index (χ3n) is 6.31. The number of aromatic nitrogens is 1. The van der Waals surface area contributed by atoms with E-state index in [1.807, 2.05) is 37.3 Å². The molecule has 1 amide bonds. The molecule has 0 spiro atoms. The molecule has 4 rings (SSSR count). The zero-order valence-corrected chi connectivity index (χ0v) is 21.1. The highest BCUT2D eigenvalue weighted by Gasteiger charge is 2.32. The van der Waals surface area contributed by atoms with E-state index in [1.54, 1.807) is 36.7 Å². The van der Waals surface area contributed by atoms with E-state index in [2.05, 4.69) is 24.1 Å². The summed E-state index contributed by atoms with van der Waals surface area (Å²) in [5.41, 5.74) is 2.67. The number of nitrogens with zero attached hydrogens (tertiary/aromatic N) is 2. The molecular weight excluding hydrogens is 462 g/mol. The first-order chi connectivity index (χ1) is 16.7. The number of pyridine rings is 1. The van der Waals surface area contributed by atoms with Crippen molar-refractivity contribution in [3.63, 3.8) is 0 Å². The average Bonchev–Trinajstić information content (AvgIpc) is 2.86. The summed E-state index contributed by atoms with van der Waals surface area (Å²) in [7, 11) is -3.57. The molecule has 0 saturated carbocycles. The summed E-state index contributed by atoms with van der Waals surface area (Å²) in [6.07, 6.45) is 4.29.